The third-order valence-electron chi connectivity index (χ3n) is 5.55. The maximum atomic E-state index is 11.8. The summed E-state index contributed by atoms with van der Waals surface area (Å²) in [6, 6.07) is 0. The van der Waals surface area contributed by atoms with Gasteiger partial charge in [-0.3, -0.25) is 4.79 Å². The number of hydrogen-bond donors (Lipinski definition) is 4. The molecule has 4 N–H and O–H groups in total. The molecule has 0 spiro atoms. The van der Waals surface area contributed by atoms with Crippen LogP contribution in [0.3, 0.4) is 0 Å². The molecule has 0 unspecified atom stereocenters. The third-order valence-corrected chi connectivity index (χ3v) is 5.55. The Kier molecular flexibility index (Phi) is 14.4. The second-order valence-corrected chi connectivity index (χ2v) is 8.22. The van der Waals surface area contributed by atoms with E-state index in [0.717, 1.165) is 19.3 Å². The van der Waals surface area contributed by atoms with Crippen molar-refractivity contribution in [3.8, 4) is 0 Å². The first kappa shape index (κ1) is 26.6. The lowest BCUT2D eigenvalue weighted by Gasteiger charge is -2.18. The summed E-state index contributed by atoms with van der Waals surface area (Å²) in [7, 11) is 0. The summed E-state index contributed by atoms with van der Waals surface area (Å²) in [5.74, 6) is -1.83. The molecule has 1 aliphatic rings. The van der Waals surface area contributed by atoms with E-state index in [1.165, 1.54) is 76.8 Å². The predicted octanol–water partition coefficient (Wildman–Crippen LogP) is 3.11. The first-order valence-electron chi connectivity index (χ1n) is 11.7. The van der Waals surface area contributed by atoms with Gasteiger partial charge in [0.25, 0.3) is 5.91 Å². The number of nitrogens with one attached hydrogen (secondary N) is 1. The second-order valence-electron chi connectivity index (χ2n) is 8.22. The highest BCUT2D eigenvalue weighted by Crippen LogP contribution is 2.19. The molecule has 0 bridgehead atoms. The van der Waals surface area contributed by atoms with Crippen molar-refractivity contribution in [1.82, 2.24) is 5.32 Å². The van der Waals surface area contributed by atoms with Gasteiger partial charge in [-0.15, -0.1) is 0 Å². The largest absolute Gasteiger partial charge is 0.454 e. The number of rotatable bonds is 17. The Balaban J connectivity index is 1.94. The van der Waals surface area contributed by atoms with E-state index >= 15 is 0 Å². The van der Waals surface area contributed by atoms with E-state index in [4.69, 9.17) is 0 Å². The molecule has 0 radical (unpaired) electrons. The van der Waals surface area contributed by atoms with Gasteiger partial charge in [-0.25, -0.2) is 4.79 Å². The molecule has 1 aliphatic heterocycles. The fourth-order valence-electron chi connectivity index (χ4n) is 3.58. The lowest BCUT2D eigenvalue weighted by molar-refractivity contribution is -0.153. The SMILES string of the molecule is CCCCCCCCCCCCCCC/C=C/NC(=O)[C@H](O)[C@H]1OC(=O)[C@@H](O)[C@H]1O. The van der Waals surface area contributed by atoms with Gasteiger partial charge in [-0.2, -0.15) is 0 Å². The molecule has 0 aliphatic carbocycles. The minimum absolute atomic E-state index is 0.789. The molecule has 1 amide bonds. The van der Waals surface area contributed by atoms with E-state index in [0.29, 0.717) is 0 Å². The first-order valence-corrected chi connectivity index (χ1v) is 11.7. The van der Waals surface area contributed by atoms with Crippen LogP contribution < -0.4 is 5.32 Å². The zero-order valence-corrected chi connectivity index (χ0v) is 18.4. The Morgan fingerprint density at radius 2 is 1.47 bits per heavy atom. The summed E-state index contributed by atoms with van der Waals surface area (Å²) >= 11 is 0. The number of allylic oxidation sites excluding steroid dienone is 1. The molecular weight excluding hydrogens is 386 g/mol. The van der Waals surface area contributed by atoms with Gasteiger partial charge in [-0.05, 0) is 19.0 Å². The molecule has 7 nitrogen and oxygen atoms in total. The molecule has 0 aromatic rings. The minimum Gasteiger partial charge on any atom is -0.454 e. The molecule has 174 valence electrons. The molecule has 1 rings (SSSR count). The number of cyclic esters (lactones) is 1. The van der Waals surface area contributed by atoms with Crippen LogP contribution in [0.1, 0.15) is 96.8 Å². The Hall–Kier alpha value is -1.44. The van der Waals surface area contributed by atoms with E-state index in [1.807, 2.05) is 6.08 Å². The zero-order chi connectivity index (χ0) is 22.2. The molecule has 1 heterocycles. The summed E-state index contributed by atoms with van der Waals surface area (Å²) in [5.41, 5.74) is 0. The first-order chi connectivity index (χ1) is 14.5. The van der Waals surface area contributed by atoms with Crippen LogP contribution in [-0.4, -0.2) is 51.6 Å². The number of carbonyl (C=O) groups excluding carboxylic acids is 2. The van der Waals surface area contributed by atoms with Crippen molar-refractivity contribution in [2.75, 3.05) is 0 Å². The van der Waals surface area contributed by atoms with Crippen molar-refractivity contribution >= 4 is 11.9 Å². The molecule has 0 saturated carbocycles. The predicted molar refractivity (Wildman–Crippen MR) is 115 cm³/mol. The molecule has 7 heteroatoms. The van der Waals surface area contributed by atoms with Gasteiger partial charge >= 0.3 is 5.97 Å². The molecule has 0 aromatic carbocycles. The molecule has 30 heavy (non-hydrogen) atoms. The van der Waals surface area contributed by atoms with E-state index < -0.39 is 36.3 Å². The summed E-state index contributed by atoms with van der Waals surface area (Å²) in [4.78, 5) is 23.0. The van der Waals surface area contributed by atoms with Gasteiger partial charge in [-0.1, -0.05) is 90.0 Å². The third kappa shape index (κ3) is 10.5. The molecular formula is C23H41NO6. The van der Waals surface area contributed by atoms with Crippen molar-refractivity contribution in [2.24, 2.45) is 0 Å². The zero-order valence-electron chi connectivity index (χ0n) is 18.4. The van der Waals surface area contributed by atoms with Crippen molar-refractivity contribution in [3.63, 3.8) is 0 Å². The van der Waals surface area contributed by atoms with E-state index in [1.54, 1.807) is 0 Å². The normalized spacial score (nSPS) is 22.4. The molecule has 1 fully saturated rings. The van der Waals surface area contributed by atoms with Crippen LogP contribution in [0, 0.1) is 0 Å². The average Bonchev–Trinajstić information content (AvgIpc) is 3.00. The van der Waals surface area contributed by atoms with Crippen molar-refractivity contribution in [3.05, 3.63) is 12.3 Å². The fraction of sp³-hybridized carbons (Fsp3) is 0.826. The Labute approximate surface area is 180 Å². The number of ether oxygens (including phenoxy) is 1. The monoisotopic (exact) mass is 427 g/mol. The van der Waals surface area contributed by atoms with Crippen LogP contribution in [0.4, 0.5) is 0 Å². The number of carbonyl (C=O) groups is 2. The summed E-state index contributed by atoms with van der Waals surface area (Å²) in [6.45, 7) is 2.25. The Morgan fingerprint density at radius 1 is 0.967 bits per heavy atom. The number of aliphatic hydroxyl groups excluding tert-OH is 3. The standard InChI is InChI=1S/C23H41NO6/c1-2-3-4-5-6-7-8-9-10-11-12-13-14-15-16-17-24-22(28)20(27)21-18(25)19(26)23(29)30-21/h16-21,25-27H,2-15H2,1H3,(H,24,28)/b17-16+/t18-,19+,20-,21+/m1/s1. The second kappa shape index (κ2) is 16.3. The summed E-state index contributed by atoms with van der Waals surface area (Å²) in [5, 5.41) is 31.2. The Morgan fingerprint density at radius 3 is 1.93 bits per heavy atom. The highest BCUT2D eigenvalue weighted by molar-refractivity contribution is 5.84. The van der Waals surface area contributed by atoms with Crippen LogP contribution >= 0.6 is 0 Å². The van der Waals surface area contributed by atoms with Crippen LogP contribution in [0.25, 0.3) is 0 Å². The van der Waals surface area contributed by atoms with Gasteiger partial charge in [0.15, 0.2) is 18.3 Å². The topological polar surface area (TPSA) is 116 Å². The quantitative estimate of drug-likeness (QED) is 0.209. The maximum Gasteiger partial charge on any atom is 0.338 e. The van der Waals surface area contributed by atoms with Gasteiger partial charge in [0, 0.05) is 0 Å². The Bertz CT molecular complexity index is 510. The van der Waals surface area contributed by atoms with Crippen LogP contribution in [0.5, 0.6) is 0 Å². The number of unbranched alkanes of at least 4 members (excludes halogenated alkanes) is 13. The van der Waals surface area contributed by atoms with E-state index in [9.17, 15) is 24.9 Å². The van der Waals surface area contributed by atoms with Crippen molar-refractivity contribution < 1.29 is 29.6 Å². The number of amides is 1. The van der Waals surface area contributed by atoms with E-state index in [-0.39, 0.29) is 0 Å². The lowest BCUT2D eigenvalue weighted by atomic mass is 10.0. The lowest BCUT2D eigenvalue weighted by Crippen LogP contribution is -2.46. The smallest absolute Gasteiger partial charge is 0.338 e. The molecule has 0 aromatic heterocycles. The molecule has 4 atom stereocenters. The summed E-state index contributed by atoms with van der Waals surface area (Å²) < 4.78 is 4.63. The van der Waals surface area contributed by atoms with Gasteiger partial charge in [0.05, 0.1) is 0 Å². The van der Waals surface area contributed by atoms with Gasteiger partial charge < -0.3 is 25.4 Å². The van der Waals surface area contributed by atoms with Crippen LogP contribution in [-0.2, 0) is 14.3 Å². The number of aliphatic hydroxyl groups is 3. The van der Waals surface area contributed by atoms with Crippen molar-refractivity contribution in [2.45, 2.75) is 121 Å². The highest BCUT2D eigenvalue weighted by atomic mass is 16.6. The fourth-order valence-corrected chi connectivity index (χ4v) is 3.58. The minimum atomic E-state index is -1.73. The number of esters is 1. The maximum absolute atomic E-state index is 11.8. The van der Waals surface area contributed by atoms with E-state index in [2.05, 4.69) is 17.0 Å². The van der Waals surface area contributed by atoms with Gasteiger partial charge in [0.1, 0.15) is 6.10 Å². The highest BCUT2D eigenvalue weighted by Gasteiger charge is 2.48. The summed E-state index contributed by atoms with van der Waals surface area (Å²) in [6.07, 6.45) is 14.5. The van der Waals surface area contributed by atoms with Crippen molar-refractivity contribution in [1.29, 1.82) is 0 Å². The average molecular weight is 428 g/mol. The van der Waals surface area contributed by atoms with Gasteiger partial charge in [0.2, 0.25) is 0 Å². The number of hydrogen-bond acceptors (Lipinski definition) is 6. The van der Waals surface area contributed by atoms with Crippen LogP contribution in [0.15, 0.2) is 12.3 Å². The van der Waals surface area contributed by atoms with Crippen LogP contribution in [0.2, 0.25) is 0 Å². The molecule has 1 saturated heterocycles.